The summed E-state index contributed by atoms with van der Waals surface area (Å²) in [6.07, 6.45) is 23.4. The molecule has 4 bridgehead atoms. The van der Waals surface area contributed by atoms with Crippen LogP contribution in [-0.4, -0.2) is 67.1 Å². The first-order valence-electron chi connectivity index (χ1n) is 16.4. The zero-order valence-corrected chi connectivity index (χ0v) is 25.7. The number of rotatable bonds is 6. The van der Waals surface area contributed by atoms with E-state index in [2.05, 4.69) is 56.5 Å². The molecule has 0 aromatic rings. The number of hydrogen-bond donors (Lipinski definition) is 1. The predicted molar refractivity (Wildman–Crippen MR) is 163 cm³/mol. The lowest BCUT2D eigenvalue weighted by Gasteiger charge is -2.37. The van der Waals surface area contributed by atoms with E-state index in [1.165, 1.54) is 12.0 Å². The van der Waals surface area contributed by atoms with Gasteiger partial charge < -0.3 is 24.4 Å². The van der Waals surface area contributed by atoms with E-state index in [9.17, 15) is 9.59 Å². The van der Waals surface area contributed by atoms with Crippen molar-refractivity contribution >= 4 is 12.0 Å². The number of nitrogens with one attached hydrogen (secondary N) is 1. The molecule has 0 aliphatic carbocycles. The van der Waals surface area contributed by atoms with Crippen molar-refractivity contribution in [1.82, 2.24) is 10.2 Å². The molecule has 7 nitrogen and oxygen atoms in total. The Morgan fingerprint density at radius 1 is 0.951 bits per heavy atom. The number of carbonyl (C=O) groups excluding carboxylic acids is 2. The molecule has 41 heavy (non-hydrogen) atoms. The molecule has 4 aliphatic heterocycles. The van der Waals surface area contributed by atoms with Crippen LogP contribution in [0.3, 0.4) is 0 Å². The summed E-state index contributed by atoms with van der Waals surface area (Å²) < 4.78 is 19.1. The van der Waals surface area contributed by atoms with Crippen molar-refractivity contribution in [2.75, 3.05) is 19.6 Å². The van der Waals surface area contributed by atoms with Gasteiger partial charge >= 0.3 is 12.0 Å². The number of allylic oxidation sites excluding steroid dienone is 3. The van der Waals surface area contributed by atoms with Crippen LogP contribution in [0.4, 0.5) is 4.79 Å². The van der Waals surface area contributed by atoms with Gasteiger partial charge in [0.15, 0.2) is 0 Å². The molecule has 7 unspecified atom stereocenters. The largest absolute Gasteiger partial charge is 0.457 e. The predicted octanol–water partition coefficient (Wildman–Crippen LogP) is 6.87. The van der Waals surface area contributed by atoms with Gasteiger partial charge in [0.25, 0.3) is 0 Å². The van der Waals surface area contributed by atoms with Crippen molar-refractivity contribution in [1.29, 1.82) is 0 Å². The molecule has 4 heterocycles. The summed E-state index contributed by atoms with van der Waals surface area (Å²) in [5.41, 5.74) is 1.37. The molecule has 4 aliphatic rings. The van der Waals surface area contributed by atoms with E-state index in [1.807, 2.05) is 4.90 Å². The number of hydrogen-bond acceptors (Lipinski definition) is 5. The number of likely N-dealkylation sites (tertiary alicyclic amines) is 1. The molecule has 7 heteroatoms. The molecule has 1 N–H and O–H groups in total. The van der Waals surface area contributed by atoms with Gasteiger partial charge in [0, 0.05) is 32.0 Å². The van der Waals surface area contributed by atoms with Crippen molar-refractivity contribution < 1.29 is 23.8 Å². The number of nitrogens with zero attached hydrogens (tertiary/aromatic N) is 1. The maximum Gasteiger partial charge on any atom is 0.317 e. The molecule has 0 aromatic heterocycles. The minimum absolute atomic E-state index is 0.0653. The van der Waals surface area contributed by atoms with Gasteiger partial charge in [-0.25, -0.2) is 4.79 Å². The Morgan fingerprint density at radius 2 is 1.68 bits per heavy atom. The molecular formula is C34H54N2O5. The lowest BCUT2D eigenvalue weighted by Crippen LogP contribution is -2.38. The van der Waals surface area contributed by atoms with Crippen LogP contribution in [0.2, 0.25) is 0 Å². The monoisotopic (exact) mass is 570 g/mol. The maximum absolute atomic E-state index is 13.2. The highest BCUT2D eigenvalue weighted by molar-refractivity contribution is 5.74. The molecule has 0 aromatic carbocycles. The average molecular weight is 571 g/mol. The van der Waals surface area contributed by atoms with Crippen molar-refractivity contribution in [2.45, 2.75) is 135 Å². The highest BCUT2D eigenvalue weighted by atomic mass is 16.5. The summed E-state index contributed by atoms with van der Waals surface area (Å²) in [5, 5.41) is 3.04. The van der Waals surface area contributed by atoms with Crippen LogP contribution in [0, 0.1) is 11.8 Å². The number of fused-ring (bicyclic) bond motifs is 4. The Labute approximate surface area is 248 Å². The molecule has 4 rings (SSSR count). The third-order valence-electron chi connectivity index (χ3n) is 9.09. The third-order valence-corrected chi connectivity index (χ3v) is 9.09. The highest BCUT2D eigenvalue weighted by Crippen LogP contribution is 2.33. The van der Waals surface area contributed by atoms with Gasteiger partial charge in [0.2, 0.25) is 0 Å². The Balaban J connectivity index is 1.34. The summed E-state index contributed by atoms with van der Waals surface area (Å²) in [6, 6.07) is 0.0653. The fourth-order valence-electron chi connectivity index (χ4n) is 6.67. The summed E-state index contributed by atoms with van der Waals surface area (Å²) in [4.78, 5) is 27.2. The number of ether oxygens (including phenoxy) is 3. The van der Waals surface area contributed by atoms with E-state index in [0.717, 1.165) is 83.7 Å². The summed E-state index contributed by atoms with van der Waals surface area (Å²) >= 11 is 0. The van der Waals surface area contributed by atoms with Crippen LogP contribution in [0.1, 0.15) is 104 Å². The van der Waals surface area contributed by atoms with Gasteiger partial charge in [0.05, 0.1) is 30.8 Å². The zero-order valence-electron chi connectivity index (χ0n) is 25.7. The second-order valence-electron chi connectivity index (χ2n) is 12.7. The Morgan fingerprint density at radius 3 is 2.46 bits per heavy atom. The molecule has 230 valence electrons. The SMILES string of the molecule is C/C=C1\CC2CC(=O)OC(/C=C/CCCCNC(=O)N3CCCC3)C(C)/C=C/C(C)CC3CCCC(CC(C1)O2)O3. The van der Waals surface area contributed by atoms with Crippen LogP contribution in [0.15, 0.2) is 36.0 Å². The van der Waals surface area contributed by atoms with E-state index in [0.29, 0.717) is 18.6 Å². The molecule has 3 fully saturated rings. The maximum atomic E-state index is 13.2. The lowest BCUT2D eigenvalue weighted by atomic mass is 9.90. The van der Waals surface area contributed by atoms with E-state index in [1.54, 1.807) is 0 Å². The number of unbranched alkanes of at least 4 members (excludes halogenated alkanes) is 2. The lowest BCUT2D eigenvalue weighted by molar-refractivity contribution is -0.154. The number of esters is 1. The first kappa shape index (κ1) is 31.8. The smallest absolute Gasteiger partial charge is 0.317 e. The second-order valence-corrected chi connectivity index (χ2v) is 12.7. The average Bonchev–Trinajstić information content (AvgIpc) is 3.49. The quantitative estimate of drug-likeness (QED) is 0.214. The van der Waals surface area contributed by atoms with Gasteiger partial charge in [-0.05, 0) is 89.5 Å². The number of carbonyl (C=O) groups is 2. The van der Waals surface area contributed by atoms with Gasteiger partial charge in [-0.2, -0.15) is 0 Å². The van der Waals surface area contributed by atoms with Crippen LogP contribution in [0.25, 0.3) is 0 Å². The van der Waals surface area contributed by atoms with E-state index >= 15 is 0 Å². The first-order valence-corrected chi connectivity index (χ1v) is 16.4. The fourth-order valence-corrected chi connectivity index (χ4v) is 6.67. The molecular weight excluding hydrogens is 516 g/mol. The standard InChI is InChI=1S/C34H54N2O5/c1-4-27-21-30-23-29-13-11-12-28(39-29)20-25(2)15-16-26(3)32(41-33(37)24-31(22-27)40-30)14-7-5-6-8-17-35-34(38)36-18-9-10-19-36/h4,7,14-16,25-26,28-32H,5-6,8-13,17-24H2,1-3H3,(H,35,38)/b14-7+,16-15+,27-4-. The van der Waals surface area contributed by atoms with Crippen LogP contribution < -0.4 is 5.32 Å². The summed E-state index contributed by atoms with van der Waals surface area (Å²) in [6.45, 7) is 8.91. The summed E-state index contributed by atoms with van der Waals surface area (Å²) in [7, 11) is 0. The van der Waals surface area contributed by atoms with Crippen molar-refractivity contribution in [2.24, 2.45) is 11.8 Å². The van der Waals surface area contributed by atoms with Crippen molar-refractivity contribution in [3.63, 3.8) is 0 Å². The zero-order chi connectivity index (χ0) is 29.0. The van der Waals surface area contributed by atoms with E-state index in [4.69, 9.17) is 14.2 Å². The van der Waals surface area contributed by atoms with Gasteiger partial charge in [0.1, 0.15) is 6.10 Å². The number of amides is 2. The summed E-state index contributed by atoms with van der Waals surface area (Å²) in [5.74, 6) is 0.270. The second kappa shape index (κ2) is 16.5. The number of urea groups is 1. The molecule has 0 radical (unpaired) electrons. The van der Waals surface area contributed by atoms with Crippen LogP contribution in [-0.2, 0) is 19.0 Å². The van der Waals surface area contributed by atoms with Crippen molar-refractivity contribution in [3.05, 3.63) is 36.0 Å². The minimum Gasteiger partial charge on any atom is -0.457 e. The topological polar surface area (TPSA) is 77.1 Å². The molecule has 7 atom stereocenters. The minimum atomic E-state index is -0.315. The normalized spacial score (nSPS) is 35.4. The Bertz CT molecular complexity index is 924. The molecule has 0 saturated carbocycles. The van der Waals surface area contributed by atoms with E-state index < -0.39 is 0 Å². The Kier molecular flexibility index (Phi) is 12.8. The first-order chi connectivity index (χ1) is 19.9. The molecule has 3 saturated heterocycles. The number of cyclic esters (lactones) is 1. The molecule has 2 amide bonds. The Hall–Kier alpha value is -2.12. The molecule has 0 spiro atoms. The fraction of sp³-hybridized carbons (Fsp3) is 0.765. The van der Waals surface area contributed by atoms with Gasteiger partial charge in [-0.15, -0.1) is 0 Å². The van der Waals surface area contributed by atoms with Gasteiger partial charge in [-0.3, -0.25) is 4.79 Å². The third kappa shape index (κ3) is 10.6. The van der Waals surface area contributed by atoms with Crippen LogP contribution in [0.5, 0.6) is 0 Å². The van der Waals surface area contributed by atoms with Gasteiger partial charge in [-0.1, -0.05) is 43.7 Å². The van der Waals surface area contributed by atoms with Crippen LogP contribution >= 0.6 is 0 Å². The highest BCUT2D eigenvalue weighted by Gasteiger charge is 2.32. The van der Waals surface area contributed by atoms with E-state index in [-0.39, 0.29) is 48.8 Å². The van der Waals surface area contributed by atoms with Crippen molar-refractivity contribution in [3.8, 4) is 0 Å².